The van der Waals surface area contributed by atoms with E-state index in [1.807, 2.05) is 0 Å². The van der Waals surface area contributed by atoms with Gasteiger partial charge in [0.15, 0.2) is 0 Å². The summed E-state index contributed by atoms with van der Waals surface area (Å²) in [6, 6.07) is 39.1. The number of benzene rings is 5. The summed E-state index contributed by atoms with van der Waals surface area (Å²) in [7, 11) is 0. The molecule has 6 aromatic rings. The van der Waals surface area contributed by atoms with E-state index in [0.717, 1.165) is 19.3 Å². The molecule has 0 saturated carbocycles. The molecule has 1 heteroatoms. The normalized spacial score (nSPS) is 12.6. The van der Waals surface area contributed by atoms with E-state index in [4.69, 9.17) is 0 Å². The Balaban J connectivity index is 1.32. The van der Waals surface area contributed by atoms with Gasteiger partial charge in [-0.25, -0.2) is 0 Å². The topological polar surface area (TPSA) is 4.93 Å². The Bertz CT molecular complexity index is 1800. The van der Waals surface area contributed by atoms with Crippen molar-refractivity contribution in [2.45, 2.75) is 47.0 Å². The van der Waals surface area contributed by atoms with Crippen molar-refractivity contribution in [2.24, 2.45) is 11.8 Å². The Hall–Kier alpha value is -4.10. The maximum atomic E-state index is 2.45. The van der Waals surface area contributed by atoms with Gasteiger partial charge in [-0.1, -0.05) is 88.4 Å². The van der Waals surface area contributed by atoms with E-state index in [0.29, 0.717) is 11.8 Å². The Morgan fingerprint density at radius 2 is 1.12 bits per heavy atom. The second-order valence-electron chi connectivity index (χ2n) is 12.5. The van der Waals surface area contributed by atoms with E-state index in [1.54, 1.807) is 0 Å². The highest BCUT2D eigenvalue weighted by molar-refractivity contribution is 6.09. The second-order valence-corrected chi connectivity index (χ2v) is 12.5. The third-order valence-electron chi connectivity index (χ3n) is 8.44. The minimum Gasteiger partial charge on any atom is -0.309 e. The molecular formula is C39H37N. The molecule has 0 aliphatic heterocycles. The van der Waals surface area contributed by atoms with Gasteiger partial charge in [0.05, 0.1) is 11.0 Å². The lowest BCUT2D eigenvalue weighted by Gasteiger charge is -2.11. The van der Waals surface area contributed by atoms with Crippen LogP contribution in [0.5, 0.6) is 0 Å². The highest BCUT2D eigenvalue weighted by atomic mass is 15.0. The molecule has 0 unspecified atom stereocenters. The first-order valence-corrected chi connectivity index (χ1v) is 14.8. The van der Waals surface area contributed by atoms with Crippen molar-refractivity contribution in [2.75, 3.05) is 0 Å². The van der Waals surface area contributed by atoms with Crippen molar-refractivity contribution < 1.29 is 0 Å². The van der Waals surface area contributed by atoms with Crippen molar-refractivity contribution in [1.82, 2.24) is 4.57 Å². The number of rotatable bonds is 6. The smallest absolute Gasteiger partial charge is 0.0541 e. The average molecular weight is 520 g/mol. The van der Waals surface area contributed by atoms with Crippen LogP contribution in [0.3, 0.4) is 0 Å². The van der Waals surface area contributed by atoms with Gasteiger partial charge in [0.2, 0.25) is 0 Å². The summed E-state index contributed by atoms with van der Waals surface area (Å²) in [5.74, 6) is 1.28. The summed E-state index contributed by atoms with van der Waals surface area (Å²) in [6.07, 6.45) is 3.25. The maximum Gasteiger partial charge on any atom is 0.0541 e. The van der Waals surface area contributed by atoms with Crippen LogP contribution in [0, 0.1) is 11.8 Å². The first kappa shape index (κ1) is 24.9. The molecule has 1 aliphatic carbocycles. The van der Waals surface area contributed by atoms with Crippen molar-refractivity contribution >= 4 is 21.8 Å². The third kappa shape index (κ3) is 4.34. The van der Waals surface area contributed by atoms with Crippen molar-refractivity contribution in [3.05, 3.63) is 125 Å². The summed E-state index contributed by atoms with van der Waals surface area (Å²) in [5, 5.41) is 2.72. The number of hydrogen-bond acceptors (Lipinski definition) is 0. The molecule has 40 heavy (non-hydrogen) atoms. The van der Waals surface area contributed by atoms with Crippen molar-refractivity contribution in [3.63, 3.8) is 0 Å². The highest BCUT2D eigenvalue weighted by Crippen LogP contribution is 2.39. The molecule has 7 rings (SSSR count). The molecule has 1 aromatic heterocycles. The van der Waals surface area contributed by atoms with Crippen molar-refractivity contribution in [3.8, 4) is 27.9 Å². The van der Waals surface area contributed by atoms with Crippen LogP contribution in [0.1, 0.15) is 49.9 Å². The molecule has 1 aliphatic rings. The van der Waals surface area contributed by atoms with Crippen LogP contribution in [-0.2, 0) is 19.3 Å². The molecule has 198 valence electrons. The van der Waals surface area contributed by atoms with Gasteiger partial charge < -0.3 is 4.57 Å². The standard InChI is InChI=1S/C39H37N/c1-25(2)19-27-9-17-38-36(21-27)37-22-28(20-26(3)4)10-18-39(37)40(38)33-15-13-29(14-16-33)30-11-12-32-23-31-7-5-6-8-34(31)35(32)24-30/h5-18,21-22,24-26H,19-20,23H2,1-4H3. The summed E-state index contributed by atoms with van der Waals surface area (Å²) in [4.78, 5) is 0. The SMILES string of the molecule is CC(C)Cc1ccc2c(c1)c1cc(CC(C)C)ccc1n2-c1ccc(-c2ccc3c(c2)-c2ccccc2C3)cc1. The summed E-state index contributed by atoms with van der Waals surface area (Å²) in [6.45, 7) is 9.20. The van der Waals surface area contributed by atoms with Gasteiger partial charge in [-0.15, -0.1) is 0 Å². The van der Waals surface area contributed by atoms with Crippen LogP contribution in [0.2, 0.25) is 0 Å². The maximum absolute atomic E-state index is 2.45. The zero-order chi connectivity index (χ0) is 27.4. The van der Waals surface area contributed by atoms with Crippen LogP contribution < -0.4 is 0 Å². The highest BCUT2D eigenvalue weighted by Gasteiger charge is 2.19. The number of fused-ring (bicyclic) bond motifs is 6. The molecule has 0 spiro atoms. The predicted molar refractivity (Wildman–Crippen MR) is 172 cm³/mol. The second kappa shape index (κ2) is 9.82. The van der Waals surface area contributed by atoms with Gasteiger partial charge in [-0.05, 0) is 118 Å². The average Bonchev–Trinajstić information content (AvgIpc) is 3.47. The summed E-state index contributed by atoms with van der Waals surface area (Å²) in [5.41, 5.74) is 14.8. The van der Waals surface area contributed by atoms with E-state index in [2.05, 4.69) is 135 Å². The van der Waals surface area contributed by atoms with Gasteiger partial charge in [-0.3, -0.25) is 0 Å². The third-order valence-corrected chi connectivity index (χ3v) is 8.44. The van der Waals surface area contributed by atoms with Crippen LogP contribution in [0.15, 0.2) is 103 Å². The van der Waals surface area contributed by atoms with Gasteiger partial charge in [0.25, 0.3) is 0 Å². The quantitative estimate of drug-likeness (QED) is 0.206. The van der Waals surface area contributed by atoms with E-state index in [9.17, 15) is 0 Å². The lowest BCUT2D eigenvalue weighted by atomic mass is 9.98. The minimum absolute atomic E-state index is 0.641. The lowest BCUT2D eigenvalue weighted by Crippen LogP contribution is -1.96. The number of hydrogen-bond donors (Lipinski definition) is 0. The summed E-state index contributed by atoms with van der Waals surface area (Å²) >= 11 is 0. The molecule has 0 radical (unpaired) electrons. The van der Waals surface area contributed by atoms with Crippen LogP contribution in [-0.4, -0.2) is 4.57 Å². The molecule has 0 amide bonds. The predicted octanol–water partition coefficient (Wildman–Crippen LogP) is 10.4. The first-order chi connectivity index (χ1) is 19.4. The molecule has 1 nitrogen and oxygen atoms in total. The van der Waals surface area contributed by atoms with E-state index in [-0.39, 0.29) is 0 Å². The molecule has 0 N–H and O–H groups in total. The largest absolute Gasteiger partial charge is 0.309 e. The van der Waals surface area contributed by atoms with Gasteiger partial charge >= 0.3 is 0 Å². The molecular weight excluding hydrogens is 482 g/mol. The zero-order valence-corrected chi connectivity index (χ0v) is 24.0. The lowest BCUT2D eigenvalue weighted by molar-refractivity contribution is 0.647. The Labute approximate surface area is 238 Å². The Morgan fingerprint density at radius 3 is 1.75 bits per heavy atom. The van der Waals surface area contributed by atoms with Crippen molar-refractivity contribution in [1.29, 1.82) is 0 Å². The molecule has 0 fully saturated rings. The monoisotopic (exact) mass is 519 g/mol. The molecule has 0 saturated heterocycles. The molecule has 5 aromatic carbocycles. The van der Waals surface area contributed by atoms with E-state index in [1.165, 1.54) is 72.0 Å². The molecule has 0 atom stereocenters. The van der Waals surface area contributed by atoms with Gasteiger partial charge in [0, 0.05) is 16.5 Å². The first-order valence-electron chi connectivity index (χ1n) is 14.8. The fourth-order valence-electron chi connectivity index (χ4n) is 6.70. The van der Waals surface area contributed by atoms with Crippen LogP contribution in [0.4, 0.5) is 0 Å². The Morgan fingerprint density at radius 1 is 0.550 bits per heavy atom. The fourth-order valence-corrected chi connectivity index (χ4v) is 6.70. The number of aromatic nitrogens is 1. The van der Waals surface area contributed by atoms with E-state index >= 15 is 0 Å². The summed E-state index contributed by atoms with van der Waals surface area (Å²) < 4.78 is 2.45. The van der Waals surface area contributed by atoms with E-state index < -0.39 is 0 Å². The van der Waals surface area contributed by atoms with Crippen LogP contribution >= 0.6 is 0 Å². The number of nitrogens with zero attached hydrogens (tertiary/aromatic N) is 1. The van der Waals surface area contributed by atoms with Crippen LogP contribution in [0.25, 0.3) is 49.7 Å². The minimum atomic E-state index is 0.641. The Kier molecular flexibility index (Phi) is 6.12. The van der Waals surface area contributed by atoms with Gasteiger partial charge in [0.1, 0.15) is 0 Å². The van der Waals surface area contributed by atoms with Gasteiger partial charge in [-0.2, -0.15) is 0 Å². The molecule has 0 bridgehead atoms. The molecule has 1 heterocycles. The zero-order valence-electron chi connectivity index (χ0n) is 24.0. The fraction of sp³-hybridized carbons (Fsp3) is 0.231.